The summed E-state index contributed by atoms with van der Waals surface area (Å²) in [7, 11) is 3.36. The molecule has 1 saturated heterocycles. The van der Waals surface area contributed by atoms with Gasteiger partial charge in [-0.2, -0.15) is 0 Å². The van der Waals surface area contributed by atoms with Crippen LogP contribution in [0.4, 0.5) is 0 Å². The fourth-order valence-electron chi connectivity index (χ4n) is 4.12. The van der Waals surface area contributed by atoms with Gasteiger partial charge in [-0.15, -0.1) is 0 Å². The van der Waals surface area contributed by atoms with Crippen LogP contribution < -0.4 is 9.47 Å². The van der Waals surface area contributed by atoms with Gasteiger partial charge in [0.15, 0.2) is 0 Å². The number of ether oxygens (including phenoxy) is 2. The highest BCUT2D eigenvalue weighted by Crippen LogP contribution is 2.32. The zero-order valence-corrected chi connectivity index (χ0v) is 16.5. The van der Waals surface area contributed by atoms with Crippen LogP contribution in [-0.2, 0) is 11.3 Å². The molecule has 3 rings (SSSR count). The molecule has 1 aliphatic carbocycles. The highest BCUT2D eigenvalue weighted by molar-refractivity contribution is 5.78. The Labute approximate surface area is 157 Å². The first-order valence-electron chi connectivity index (χ1n) is 9.72. The van der Waals surface area contributed by atoms with Crippen molar-refractivity contribution in [3.8, 4) is 11.5 Å². The molecular formula is C21H32N2O3. The summed E-state index contributed by atoms with van der Waals surface area (Å²) >= 11 is 0. The topological polar surface area (TPSA) is 42.0 Å². The number of carbonyl (C=O) groups excluding carboxylic acids is 1. The maximum Gasteiger partial charge on any atom is 0.236 e. The van der Waals surface area contributed by atoms with Crippen LogP contribution in [-0.4, -0.2) is 55.6 Å². The van der Waals surface area contributed by atoms with Gasteiger partial charge in [0.1, 0.15) is 11.5 Å². The molecule has 2 atom stereocenters. The number of amides is 1. The summed E-state index contributed by atoms with van der Waals surface area (Å²) in [6.45, 7) is 7.49. The van der Waals surface area contributed by atoms with Gasteiger partial charge in [-0.25, -0.2) is 0 Å². The molecule has 0 spiro atoms. The highest BCUT2D eigenvalue weighted by atomic mass is 16.5. The predicted molar refractivity (Wildman–Crippen MR) is 103 cm³/mol. The Bertz CT molecular complexity index is 620. The molecule has 0 N–H and O–H groups in total. The maximum atomic E-state index is 12.9. The Morgan fingerprint density at radius 3 is 2.42 bits per heavy atom. The minimum Gasteiger partial charge on any atom is -0.497 e. The molecule has 2 fully saturated rings. The minimum absolute atomic E-state index is 0.261. The molecule has 26 heavy (non-hydrogen) atoms. The molecule has 2 unspecified atom stereocenters. The first-order valence-corrected chi connectivity index (χ1v) is 9.72. The quantitative estimate of drug-likeness (QED) is 0.749. The van der Waals surface area contributed by atoms with Crippen molar-refractivity contribution in [3.05, 3.63) is 23.8 Å². The lowest BCUT2D eigenvalue weighted by atomic mass is 9.92. The Hall–Kier alpha value is -1.75. The largest absolute Gasteiger partial charge is 0.497 e. The first-order chi connectivity index (χ1) is 12.5. The van der Waals surface area contributed by atoms with Crippen LogP contribution in [0.5, 0.6) is 11.5 Å². The minimum atomic E-state index is 0.261. The van der Waals surface area contributed by atoms with Crippen LogP contribution >= 0.6 is 0 Å². The number of carbonyl (C=O) groups is 1. The van der Waals surface area contributed by atoms with Crippen LogP contribution in [0, 0.1) is 11.8 Å². The monoisotopic (exact) mass is 360 g/mol. The molecule has 2 aliphatic rings. The fraction of sp³-hybridized carbons (Fsp3) is 0.667. The molecule has 0 aromatic heterocycles. The Kier molecular flexibility index (Phi) is 6.07. The number of nitrogens with zero attached hydrogens (tertiary/aromatic N) is 2. The van der Waals surface area contributed by atoms with E-state index >= 15 is 0 Å². The average Bonchev–Trinajstić information content (AvgIpc) is 3.45. The van der Waals surface area contributed by atoms with E-state index in [0.717, 1.165) is 36.7 Å². The third kappa shape index (κ3) is 4.70. The van der Waals surface area contributed by atoms with Crippen molar-refractivity contribution in [2.24, 2.45) is 11.8 Å². The molecule has 1 aromatic rings. The van der Waals surface area contributed by atoms with E-state index in [0.29, 0.717) is 24.4 Å². The van der Waals surface area contributed by atoms with Gasteiger partial charge in [0.05, 0.1) is 20.8 Å². The molecule has 1 aromatic carbocycles. The molecule has 1 amide bonds. The number of benzene rings is 1. The molecular weight excluding hydrogens is 328 g/mol. The smallest absolute Gasteiger partial charge is 0.236 e. The van der Waals surface area contributed by atoms with Crippen molar-refractivity contribution in [2.45, 2.75) is 45.7 Å². The van der Waals surface area contributed by atoms with Crippen molar-refractivity contribution < 1.29 is 14.3 Å². The third-order valence-corrected chi connectivity index (χ3v) is 5.48. The molecule has 5 nitrogen and oxygen atoms in total. The lowest BCUT2D eigenvalue weighted by molar-refractivity contribution is -0.135. The number of hydrogen-bond acceptors (Lipinski definition) is 4. The van der Waals surface area contributed by atoms with Gasteiger partial charge >= 0.3 is 0 Å². The van der Waals surface area contributed by atoms with E-state index < -0.39 is 0 Å². The van der Waals surface area contributed by atoms with Gasteiger partial charge in [-0.1, -0.05) is 13.8 Å². The normalized spacial score (nSPS) is 23.2. The molecule has 5 heteroatoms. The van der Waals surface area contributed by atoms with E-state index in [2.05, 4.69) is 23.6 Å². The van der Waals surface area contributed by atoms with E-state index in [1.807, 2.05) is 18.2 Å². The van der Waals surface area contributed by atoms with E-state index in [1.54, 1.807) is 14.2 Å². The SMILES string of the molecule is COc1ccc(OC)c(CN(CC(=O)N2CC(C)CC(C)C2)C2CC2)c1. The van der Waals surface area contributed by atoms with Gasteiger partial charge in [0.2, 0.25) is 5.91 Å². The van der Waals surface area contributed by atoms with E-state index in [4.69, 9.17) is 9.47 Å². The average molecular weight is 360 g/mol. The maximum absolute atomic E-state index is 12.9. The summed E-state index contributed by atoms with van der Waals surface area (Å²) in [6.07, 6.45) is 3.57. The zero-order chi connectivity index (χ0) is 18.7. The summed E-state index contributed by atoms with van der Waals surface area (Å²) in [4.78, 5) is 17.3. The van der Waals surface area contributed by atoms with Crippen LogP contribution in [0.3, 0.4) is 0 Å². The van der Waals surface area contributed by atoms with Crippen molar-refractivity contribution in [3.63, 3.8) is 0 Å². The van der Waals surface area contributed by atoms with Crippen LogP contribution in [0.25, 0.3) is 0 Å². The summed E-state index contributed by atoms with van der Waals surface area (Å²) in [5.41, 5.74) is 1.08. The number of hydrogen-bond donors (Lipinski definition) is 0. The molecule has 0 bridgehead atoms. The van der Waals surface area contributed by atoms with Crippen LogP contribution in [0.2, 0.25) is 0 Å². The van der Waals surface area contributed by atoms with Crippen LogP contribution in [0.15, 0.2) is 18.2 Å². The number of likely N-dealkylation sites (tertiary alicyclic amines) is 1. The lowest BCUT2D eigenvalue weighted by Crippen LogP contribution is -2.47. The standard InChI is InChI=1S/C21H32N2O3/c1-15-9-16(2)12-23(11-15)21(24)14-22(18-5-6-18)13-17-10-19(25-3)7-8-20(17)26-4/h7-8,10,15-16,18H,5-6,9,11-14H2,1-4H3. The third-order valence-electron chi connectivity index (χ3n) is 5.48. The van der Waals surface area contributed by atoms with E-state index in [9.17, 15) is 4.79 Å². The molecule has 1 saturated carbocycles. The number of methoxy groups -OCH3 is 2. The molecule has 144 valence electrons. The van der Waals surface area contributed by atoms with Crippen molar-refractivity contribution in [2.75, 3.05) is 33.9 Å². The van der Waals surface area contributed by atoms with E-state index in [-0.39, 0.29) is 5.91 Å². The highest BCUT2D eigenvalue weighted by Gasteiger charge is 2.33. The fourth-order valence-corrected chi connectivity index (χ4v) is 4.12. The van der Waals surface area contributed by atoms with Gasteiger partial charge in [-0.3, -0.25) is 9.69 Å². The van der Waals surface area contributed by atoms with Crippen molar-refractivity contribution in [1.29, 1.82) is 0 Å². The summed E-state index contributed by atoms with van der Waals surface area (Å²) in [5, 5.41) is 0. The Balaban J connectivity index is 1.69. The predicted octanol–water partition coefficient (Wildman–Crippen LogP) is 3.17. The number of piperidine rings is 1. The summed E-state index contributed by atoms with van der Waals surface area (Å²) in [5.74, 6) is 3.12. The number of rotatable bonds is 7. The second kappa shape index (κ2) is 8.30. The van der Waals surface area contributed by atoms with Gasteiger partial charge in [0, 0.05) is 31.2 Å². The second-order valence-corrected chi connectivity index (χ2v) is 8.06. The van der Waals surface area contributed by atoms with E-state index in [1.165, 1.54) is 19.3 Å². The van der Waals surface area contributed by atoms with Crippen molar-refractivity contribution >= 4 is 5.91 Å². The van der Waals surface area contributed by atoms with Crippen molar-refractivity contribution in [1.82, 2.24) is 9.80 Å². The van der Waals surface area contributed by atoms with Gasteiger partial charge in [-0.05, 0) is 49.3 Å². The summed E-state index contributed by atoms with van der Waals surface area (Å²) < 4.78 is 10.9. The molecule has 1 heterocycles. The van der Waals surface area contributed by atoms with Crippen LogP contribution in [0.1, 0.15) is 38.7 Å². The first kappa shape index (κ1) is 19.0. The van der Waals surface area contributed by atoms with Gasteiger partial charge < -0.3 is 14.4 Å². The lowest BCUT2D eigenvalue weighted by Gasteiger charge is -2.36. The zero-order valence-electron chi connectivity index (χ0n) is 16.5. The van der Waals surface area contributed by atoms with Gasteiger partial charge in [0.25, 0.3) is 0 Å². The molecule has 0 radical (unpaired) electrons. The Morgan fingerprint density at radius 1 is 1.15 bits per heavy atom. The Morgan fingerprint density at radius 2 is 1.85 bits per heavy atom. The molecule has 1 aliphatic heterocycles. The summed E-state index contributed by atoms with van der Waals surface area (Å²) in [6, 6.07) is 6.37. The second-order valence-electron chi connectivity index (χ2n) is 8.06.